The molecule has 0 amide bonds. The van der Waals surface area contributed by atoms with Crippen LogP contribution in [0.3, 0.4) is 0 Å². The molecule has 0 unspecified atom stereocenters. The van der Waals surface area contributed by atoms with Crippen molar-refractivity contribution in [3.05, 3.63) is 35.5 Å². The maximum Gasteiger partial charge on any atom is 0.261 e. The first-order valence-electron chi connectivity index (χ1n) is 5.10. The van der Waals surface area contributed by atoms with Crippen LogP contribution in [0.4, 0.5) is 5.69 Å². The summed E-state index contributed by atoms with van der Waals surface area (Å²) in [5, 5.41) is 4.15. The lowest BCUT2D eigenvalue weighted by atomic mass is 10.1. The summed E-state index contributed by atoms with van der Waals surface area (Å²) in [5.41, 5.74) is 8.53. The van der Waals surface area contributed by atoms with E-state index in [0.29, 0.717) is 11.6 Å². The van der Waals surface area contributed by atoms with Gasteiger partial charge in [-0.3, -0.25) is 4.68 Å². The summed E-state index contributed by atoms with van der Waals surface area (Å²) in [5.74, 6) is 1.25. The van der Waals surface area contributed by atoms with Crippen molar-refractivity contribution < 1.29 is 4.74 Å². The van der Waals surface area contributed by atoms with E-state index < -0.39 is 0 Å². The van der Waals surface area contributed by atoms with Crippen LogP contribution < -0.4 is 10.5 Å². The number of aromatic nitrogens is 2. The van der Waals surface area contributed by atoms with Crippen LogP contribution in [0.15, 0.2) is 24.4 Å². The molecule has 2 rings (SSSR count). The molecule has 0 spiro atoms. The van der Waals surface area contributed by atoms with Gasteiger partial charge in [-0.15, -0.1) is 5.10 Å². The lowest BCUT2D eigenvalue weighted by Crippen LogP contribution is -1.93. The summed E-state index contributed by atoms with van der Waals surface area (Å²) < 4.78 is 7.32. The average Bonchev–Trinajstić information content (AvgIpc) is 2.51. The van der Waals surface area contributed by atoms with E-state index >= 15 is 0 Å². The van der Waals surface area contributed by atoms with Gasteiger partial charge in [0.2, 0.25) is 0 Å². The van der Waals surface area contributed by atoms with Gasteiger partial charge in [0.15, 0.2) is 0 Å². The van der Waals surface area contributed by atoms with E-state index in [9.17, 15) is 0 Å². The normalized spacial score (nSPS) is 10.4. The zero-order valence-electron chi connectivity index (χ0n) is 9.69. The molecule has 1 aromatic heterocycles. The summed E-state index contributed by atoms with van der Waals surface area (Å²) in [7, 11) is 1.81. The van der Waals surface area contributed by atoms with Gasteiger partial charge in [0.1, 0.15) is 11.4 Å². The Kier molecular flexibility index (Phi) is 2.56. The fourth-order valence-electron chi connectivity index (χ4n) is 1.49. The highest BCUT2D eigenvalue weighted by Gasteiger charge is 2.08. The number of hydrogen-bond acceptors (Lipinski definition) is 3. The predicted octanol–water partition coefficient (Wildman–Crippen LogP) is 2.41. The van der Waals surface area contributed by atoms with Crippen LogP contribution in [0.2, 0.25) is 0 Å². The molecule has 0 atom stereocenters. The summed E-state index contributed by atoms with van der Waals surface area (Å²) >= 11 is 0. The van der Waals surface area contributed by atoms with Crippen molar-refractivity contribution in [1.29, 1.82) is 0 Å². The monoisotopic (exact) mass is 217 g/mol. The van der Waals surface area contributed by atoms with E-state index in [1.165, 1.54) is 0 Å². The Morgan fingerprint density at radius 2 is 2.06 bits per heavy atom. The zero-order valence-corrected chi connectivity index (χ0v) is 9.69. The Morgan fingerprint density at radius 1 is 1.31 bits per heavy atom. The highest BCUT2D eigenvalue weighted by Crippen LogP contribution is 2.28. The summed E-state index contributed by atoms with van der Waals surface area (Å²) in [4.78, 5) is 0. The standard InChI is InChI=1S/C12H15N3O/c1-8-4-5-9(2)11(6-8)16-12-10(13)7-15(3)14-12/h4-7H,13H2,1-3H3. The van der Waals surface area contributed by atoms with Crippen molar-refractivity contribution >= 4 is 5.69 Å². The number of benzene rings is 1. The highest BCUT2D eigenvalue weighted by atomic mass is 16.5. The van der Waals surface area contributed by atoms with E-state index in [-0.39, 0.29) is 0 Å². The lowest BCUT2D eigenvalue weighted by molar-refractivity contribution is 0.452. The van der Waals surface area contributed by atoms with Crippen LogP contribution in [0.25, 0.3) is 0 Å². The first-order chi connectivity index (χ1) is 7.56. The number of aryl methyl sites for hydroxylation is 3. The molecule has 0 radical (unpaired) electrons. The third-order valence-electron chi connectivity index (χ3n) is 2.37. The molecule has 16 heavy (non-hydrogen) atoms. The molecule has 2 aromatic rings. The number of nitrogens with two attached hydrogens (primary N) is 1. The molecular formula is C12H15N3O. The van der Waals surface area contributed by atoms with Gasteiger partial charge in [-0.25, -0.2) is 0 Å². The van der Waals surface area contributed by atoms with Gasteiger partial charge >= 0.3 is 0 Å². The Morgan fingerprint density at radius 3 is 2.69 bits per heavy atom. The van der Waals surface area contributed by atoms with Crippen molar-refractivity contribution in [2.75, 3.05) is 5.73 Å². The number of nitrogens with zero attached hydrogens (tertiary/aromatic N) is 2. The van der Waals surface area contributed by atoms with Crippen molar-refractivity contribution in [3.63, 3.8) is 0 Å². The number of nitrogen functional groups attached to an aromatic ring is 1. The van der Waals surface area contributed by atoms with Gasteiger partial charge in [0.25, 0.3) is 5.88 Å². The fraction of sp³-hybridized carbons (Fsp3) is 0.250. The average molecular weight is 217 g/mol. The molecule has 1 aromatic carbocycles. The quantitative estimate of drug-likeness (QED) is 0.840. The van der Waals surface area contributed by atoms with E-state index in [1.807, 2.05) is 39.1 Å². The van der Waals surface area contributed by atoms with Gasteiger partial charge in [0.05, 0.1) is 6.20 Å². The van der Waals surface area contributed by atoms with Crippen LogP contribution in [0, 0.1) is 13.8 Å². The minimum absolute atomic E-state index is 0.455. The molecule has 0 aliphatic carbocycles. The first-order valence-corrected chi connectivity index (χ1v) is 5.10. The smallest absolute Gasteiger partial charge is 0.261 e. The van der Waals surface area contributed by atoms with Gasteiger partial charge in [-0.2, -0.15) is 0 Å². The van der Waals surface area contributed by atoms with Crippen LogP contribution in [0.1, 0.15) is 11.1 Å². The van der Waals surface area contributed by atoms with E-state index in [1.54, 1.807) is 10.9 Å². The third-order valence-corrected chi connectivity index (χ3v) is 2.37. The Hall–Kier alpha value is -1.97. The van der Waals surface area contributed by atoms with Crippen molar-refractivity contribution in [2.45, 2.75) is 13.8 Å². The summed E-state index contributed by atoms with van der Waals surface area (Å²) in [6.45, 7) is 4.02. The zero-order chi connectivity index (χ0) is 11.7. The molecule has 0 fully saturated rings. The van der Waals surface area contributed by atoms with E-state index in [4.69, 9.17) is 10.5 Å². The molecule has 2 N–H and O–H groups in total. The Labute approximate surface area is 94.6 Å². The van der Waals surface area contributed by atoms with E-state index in [2.05, 4.69) is 5.10 Å². The van der Waals surface area contributed by atoms with Gasteiger partial charge in [-0.05, 0) is 31.0 Å². The molecule has 0 saturated heterocycles. The Bertz CT molecular complexity index is 517. The van der Waals surface area contributed by atoms with Crippen LogP contribution in [-0.2, 0) is 7.05 Å². The second-order valence-electron chi connectivity index (χ2n) is 3.93. The first kappa shape index (κ1) is 10.5. The fourth-order valence-corrected chi connectivity index (χ4v) is 1.49. The lowest BCUT2D eigenvalue weighted by Gasteiger charge is -2.07. The number of ether oxygens (including phenoxy) is 1. The predicted molar refractivity (Wildman–Crippen MR) is 63.6 cm³/mol. The molecule has 4 heteroatoms. The topological polar surface area (TPSA) is 53.1 Å². The van der Waals surface area contributed by atoms with Gasteiger partial charge < -0.3 is 10.5 Å². The molecule has 0 saturated carbocycles. The SMILES string of the molecule is Cc1ccc(C)c(Oc2nn(C)cc2N)c1. The number of hydrogen-bond donors (Lipinski definition) is 1. The third kappa shape index (κ3) is 2.00. The molecule has 0 aliphatic rings. The maximum absolute atomic E-state index is 5.77. The van der Waals surface area contributed by atoms with Crippen LogP contribution in [-0.4, -0.2) is 9.78 Å². The minimum atomic E-state index is 0.455. The molecule has 4 nitrogen and oxygen atoms in total. The molecule has 0 aliphatic heterocycles. The van der Waals surface area contributed by atoms with Gasteiger partial charge in [0, 0.05) is 7.05 Å². The van der Waals surface area contributed by atoms with Crippen LogP contribution >= 0.6 is 0 Å². The van der Waals surface area contributed by atoms with Gasteiger partial charge in [-0.1, -0.05) is 12.1 Å². The molecule has 84 valence electrons. The molecule has 1 heterocycles. The summed E-state index contributed by atoms with van der Waals surface area (Å²) in [6.07, 6.45) is 1.72. The van der Waals surface area contributed by atoms with Crippen molar-refractivity contribution in [3.8, 4) is 11.6 Å². The minimum Gasteiger partial charge on any atom is -0.436 e. The second kappa shape index (κ2) is 3.89. The molecular weight excluding hydrogens is 202 g/mol. The molecule has 0 bridgehead atoms. The van der Waals surface area contributed by atoms with Crippen molar-refractivity contribution in [1.82, 2.24) is 9.78 Å². The largest absolute Gasteiger partial charge is 0.436 e. The number of anilines is 1. The summed E-state index contributed by atoms with van der Waals surface area (Å²) in [6, 6.07) is 6.04. The number of rotatable bonds is 2. The second-order valence-corrected chi connectivity index (χ2v) is 3.93. The van der Waals surface area contributed by atoms with E-state index in [0.717, 1.165) is 16.9 Å². The maximum atomic E-state index is 5.77. The van der Waals surface area contributed by atoms with Crippen molar-refractivity contribution in [2.24, 2.45) is 7.05 Å². The highest BCUT2D eigenvalue weighted by molar-refractivity contribution is 5.49. The van der Waals surface area contributed by atoms with Crippen LogP contribution in [0.5, 0.6) is 11.6 Å². The Balaban J connectivity index is 2.33.